The molecular formula is C7H15NO3. The first kappa shape index (κ1) is 10.4. The predicted molar refractivity (Wildman–Crippen MR) is 41.1 cm³/mol. The molecule has 0 fully saturated rings. The van der Waals surface area contributed by atoms with Crippen LogP contribution in [0.5, 0.6) is 0 Å². The molecule has 0 aliphatic rings. The van der Waals surface area contributed by atoms with Crippen molar-refractivity contribution in [1.29, 1.82) is 0 Å². The van der Waals surface area contributed by atoms with Crippen LogP contribution < -0.4 is 5.73 Å². The maximum absolute atomic E-state index is 10.2. The topological polar surface area (TPSA) is 83.5 Å². The summed E-state index contributed by atoms with van der Waals surface area (Å²) in [5, 5.41) is 17.2. The summed E-state index contributed by atoms with van der Waals surface area (Å²) in [6, 6.07) is -0.632. The first-order valence-electron chi connectivity index (χ1n) is 3.76. The lowest BCUT2D eigenvalue weighted by Crippen LogP contribution is -2.40. The highest BCUT2D eigenvalue weighted by atomic mass is 16.4. The van der Waals surface area contributed by atoms with Gasteiger partial charge in [-0.15, -0.1) is 0 Å². The van der Waals surface area contributed by atoms with Crippen molar-refractivity contribution in [3.63, 3.8) is 0 Å². The van der Waals surface area contributed by atoms with Gasteiger partial charge in [-0.25, -0.2) is 4.79 Å². The minimum atomic E-state index is -1.42. The van der Waals surface area contributed by atoms with Crippen LogP contribution in [-0.2, 0) is 4.79 Å². The van der Waals surface area contributed by atoms with E-state index in [9.17, 15) is 4.79 Å². The van der Waals surface area contributed by atoms with Gasteiger partial charge in [0, 0.05) is 6.04 Å². The Labute approximate surface area is 66.0 Å². The molecule has 0 rings (SSSR count). The van der Waals surface area contributed by atoms with Crippen molar-refractivity contribution in [2.24, 2.45) is 5.73 Å². The van der Waals surface area contributed by atoms with E-state index in [4.69, 9.17) is 15.9 Å². The fourth-order valence-electron chi connectivity index (χ4n) is 0.781. The summed E-state index contributed by atoms with van der Waals surface area (Å²) in [7, 11) is 0. The fourth-order valence-corrected chi connectivity index (χ4v) is 0.781. The molecule has 1 unspecified atom stereocenters. The second-order valence-electron chi connectivity index (χ2n) is 2.59. The Bertz CT molecular complexity index is 127. The number of hydrogen-bond donors (Lipinski definition) is 3. The lowest BCUT2D eigenvalue weighted by Gasteiger charge is -2.13. The molecule has 66 valence electrons. The number of nitrogens with two attached hydrogens (primary N) is 1. The summed E-state index contributed by atoms with van der Waals surface area (Å²) in [5.41, 5.74) is 5.37. The molecule has 0 heterocycles. The zero-order valence-electron chi connectivity index (χ0n) is 6.66. The van der Waals surface area contributed by atoms with Crippen molar-refractivity contribution >= 4 is 5.97 Å². The van der Waals surface area contributed by atoms with E-state index in [-0.39, 0.29) is 0 Å². The second-order valence-corrected chi connectivity index (χ2v) is 2.59. The van der Waals surface area contributed by atoms with Crippen molar-refractivity contribution in [3.8, 4) is 0 Å². The van der Waals surface area contributed by atoms with E-state index in [1.165, 1.54) is 0 Å². The van der Waals surface area contributed by atoms with Gasteiger partial charge in [-0.2, -0.15) is 0 Å². The number of carboxylic acid groups (broad SMARTS) is 1. The maximum Gasteiger partial charge on any atom is 0.334 e. The van der Waals surface area contributed by atoms with Gasteiger partial charge < -0.3 is 15.9 Å². The minimum absolute atomic E-state index is 0.559. The van der Waals surface area contributed by atoms with Crippen LogP contribution >= 0.6 is 0 Å². The molecule has 0 amide bonds. The van der Waals surface area contributed by atoms with E-state index < -0.39 is 18.1 Å². The number of carbonyl (C=O) groups is 1. The molecule has 4 nitrogen and oxygen atoms in total. The number of aliphatic hydroxyl groups excluding tert-OH is 1. The average Bonchev–Trinajstić information content (AvgIpc) is 1.98. The SMILES string of the molecule is CCCC[C@H](N)C(O)C(=O)O. The molecule has 0 aliphatic carbocycles. The third-order valence-corrected chi connectivity index (χ3v) is 1.55. The highest BCUT2D eigenvalue weighted by molar-refractivity contribution is 5.72. The van der Waals surface area contributed by atoms with E-state index >= 15 is 0 Å². The zero-order valence-corrected chi connectivity index (χ0v) is 6.66. The summed E-state index contributed by atoms with van der Waals surface area (Å²) in [5.74, 6) is -1.24. The molecule has 0 aromatic carbocycles. The number of unbranched alkanes of at least 4 members (excludes halogenated alkanes) is 1. The van der Waals surface area contributed by atoms with Crippen molar-refractivity contribution in [2.75, 3.05) is 0 Å². The Morgan fingerprint density at radius 1 is 1.64 bits per heavy atom. The predicted octanol–water partition coefficient (Wildman–Crippen LogP) is -0.0506. The highest BCUT2D eigenvalue weighted by Gasteiger charge is 2.20. The van der Waals surface area contributed by atoms with Gasteiger partial charge in [0.05, 0.1) is 0 Å². The van der Waals surface area contributed by atoms with E-state index in [1.54, 1.807) is 0 Å². The van der Waals surface area contributed by atoms with Crippen LogP contribution in [0.4, 0.5) is 0 Å². The summed E-state index contributed by atoms with van der Waals surface area (Å²) in [6.45, 7) is 1.99. The van der Waals surface area contributed by atoms with Crippen LogP contribution in [0.15, 0.2) is 0 Å². The third-order valence-electron chi connectivity index (χ3n) is 1.55. The van der Waals surface area contributed by atoms with Crippen molar-refractivity contribution in [2.45, 2.75) is 38.3 Å². The summed E-state index contributed by atoms with van der Waals surface area (Å²) < 4.78 is 0. The number of aliphatic hydroxyl groups is 1. The van der Waals surface area contributed by atoms with Crippen molar-refractivity contribution in [1.82, 2.24) is 0 Å². The van der Waals surface area contributed by atoms with Gasteiger partial charge in [0.1, 0.15) is 0 Å². The largest absolute Gasteiger partial charge is 0.479 e. The molecule has 11 heavy (non-hydrogen) atoms. The molecular weight excluding hydrogens is 146 g/mol. The van der Waals surface area contributed by atoms with Gasteiger partial charge in [0.15, 0.2) is 6.10 Å². The van der Waals surface area contributed by atoms with Gasteiger partial charge in [-0.05, 0) is 6.42 Å². The van der Waals surface area contributed by atoms with Crippen molar-refractivity contribution in [3.05, 3.63) is 0 Å². The molecule has 4 N–H and O–H groups in total. The van der Waals surface area contributed by atoms with Crippen LogP contribution in [-0.4, -0.2) is 28.3 Å². The first-order chi connectivity index (χ1) is 5.09. The Hall–Kier alpha value is -0.610. The van der Waals surface area contributed by atoms with Gasteiger partial charge in [-0.3, -0.25) is 0 Å². The molecule has 0 aliphatic heterocycles. The highest BCUT2D eigenvalue weighted by Crippen LogP contribution is 2.02. The van der Waals surface area contributed by atoms with E-state index in [0.717, 1.165) is 12.8 Å². The number of aliphatic carboxylic acids is 1. The molecule has 0 radical (unpaired) electrons. The van der Waals surface area contributed by atoms with E-state index in [2.05, 4.69) is 0 Å². The fraction of sp³-hybridized carbons (Fsp3) is 0.857. The Kier molecular flexibility index (Phi) is 4.81. The van der Waals surface area contributed by atoms with Gasteiger partial charge in [-0.1, -0.05) is 19.8 Å². The molecule has 4 heteroatoms. The third kappa shape index (κ3) is 3.95. The Balaban J connectivity index is 3.63. The van der Waals surface area contributed by atoms with Crippen molar-refractivity contribution < 1.29 is 15.0 Å². The summed E-state index contributed by atoms with van der Waals surface area (Å²) >= 11 is 0. The first-order valence-corrected chi connectivity index (χ1v) is 3.76. The van der Waals surface area contributed by atoms with Gasteiger partial charge in [0.2, 0.25) is 0 Å². The average molecular weight is 161 g/mol. The van der Waals surface area contributed by atoms with Crippen LogP contribution in [0.25, 0.3) is 0 Å². The Morgan fingerprint density at radius 2 is 2.18 bits per heavy atom. The lowest BCUT2D eigenvalue weighted by atomic mass is 10.1. The second kappa shape index (κ2) is 5.09. The standard InChI is InChI=1S/C7H15NO3/c1-2-3-4-5(8)6(9)7(10)11/h5-6,9H,2-4,8H2,1H3,(H,10,11)/t5-,6?/m0/s1. The quantitative estimate of drug-likeness (QED) is 0.528. The van der Waals surface area contributed by atoms with E-state index in [1.807, 2.05) is 6.92 Å². The molecule has 0 aromatic rings. The Morgan fingerprint density at radius 3 is 2.55 bits per heavy atom. The monoisotopic (exact) mass is 161 g/mol. The number of hydrogen-bond acceptors (Lipinski definition) is 3. The van der Waals surface area contributed by atoms with Crippen LogP contribution in [0.1, 0.15) is 26.2 Å². The summed E-state index contributed by atoms with van der Waals surface area (Å²) in [4.78, 5) is 10.2. The molecule has 0 saturated heterocycles. The molecule has 0 aromatic heterocycles. The summed E-state index contributed by atoms with van der Waals surface area (Å²) in [6.07, 6.45) is 0.955. The minimum Gasteiger partial charge on any atom is -0.479 e. The van der Waals surface area contributed by atoms with Crippen LogP contribution in [0, 0.1) is 0 Å². The van der Waals surface area contributed by atoms with Gasteiger partial charge >= 0.3 is 5.97 Å². The smallest absolute Gasteiger partial charge is 0.334 e. The molecule has 2 atom stereocenters. The molecule has 0 saturated carbocycles. The number of carboxylic acids is 1. The van der Waals surface area contributed by atoms with Crippen LogP contribution in [0.2, 0.25) is 0 Å². The normalized spacial score (nSPS) is 15.9. The van der Waals surface area contributed by atoms with Gasteiger partial charge in [0.25, 0.3) is 0 Å². The molecule has 0 bridgehead atoms. The zero-order chi connectivity index (χ0) is 8.85. The lowest BCUT2D eigenvalue weighted by molar-refractivity contribution is -0.147. The van der Waals surface area contributed by atoms with E-state index in [0.29, 0.717) is 6.42 Å². The number of rotatable bonds is 5. The molecule has 0 spiro atoms. The maximum atomic E-state index is 10.2. The van der Waals surface area contributed by atoms with Crippen LogP contribution in [0.3, 0.4) is 0 Å².